The van der Waals surface area contributed by atoms with Crippen molar-refractivity contribution in [1.29, 1.82) is 0 Å². The van der Waals surface area contributed by atoms with Gasteiger partial charge in [-0.05, 0) is 37.5 Å². The zero-order valence-corrected chi connectivity index (χ0v) is 13.8. The Morgan fingerprint density at radius 1 is 1.22 bits per heavy atom. The maximum atomic E-state index is 12.4. The third kappa shape index (κ3) is 4.16. The van der Waals surface area contributed by atoms with Gasteiger partial charge in [-0.3, -0.25) is 14.8 Å². The summed E-state index contributed by atoms with van der Waals surface area (Å²) in [5.74, 6) is -0.894. The smallest absolute Gasteiger partial charge is 0.283 e. The van der Waals surface area contributed by atoms with Crippen LogP contribution in [0.5, 0.6) is 0 Å². The van der Waals surface area contributed by atoms with E-state index in [0.29, 0.717) is 5.69 Å². The Balaban J connectivity index is 2.16. The number of nitrogens with one attached hydrogen (secondary N) is 2. The molecule has 0 bridgehead atoms. The molecule has 0 radical (unpaired) electrons. The third-order valence-corrected chi connectivity index (χ3v) is 5.16. The molecular weight excluding hydrogens is 318 g/mol. The van der Waals surface area contributed by atoms with Gasteiger partial charge < -0.3 is 0 Å². The maximum absolute atomic E-state index is 12.4. The lowest BCUT2D eigenvalue weighted by Crippen LogP contribution is -2.51. The number of amides is 3. The fraction of sp³-hybridized carbons (Fsp3) is 0.400. The van der Waals surface area contributed by atoms with E-state index in [4.69, 9.17) is 0 Å². The average Bonchev–Trinajstić information content (AvgIpc) is 2.44. The first kappa shape index (κ1) is 17.1. The van der Waals surface area contributed by atoms with Crippen molar-refractivity contribution in [2.24, 2.45) is 4.99 Å². The molecule has 1 unspecified atom stereocenters. The summed E-state index contributed by atoms with van der Waals surface area (Å²) >= 11 is 0. The number of anilines is 1. The van der Waals surface area contributed by atoms with Gasteiger partial charge in [-0.2, -0.15) is 0 Å². The molecule has 0 fully saturated rings. The molecule has 7 nitrogen and oxygen atoms in total. The number of hydrogen-bond acceptors (Lipinski definition) is 4. The highest BCUT2D eigenvalue weighted by atomic mass is 32.2. The molecule has 1 atom stereocenters. The first-order valence-electron chi connectivity index (χ1n) is 7.34. The van der Waals surface area contributed by atoms with Crippen molar-refractivity contribution in [2.75, 3.05) is 4.72 Å². The van der Waals surface area contributed by atoms with Crippen LogP contribution in [0.15, 0.2) is 29.3 Å². The van der Waals surface area contributed by atoms with Gasteiger partial charge in [0.1, 0.15) is 0 Å². The summed E-state index contributed by atoms with van der Waals surface area (Å²) in [6, 6.07) is 6.15. The van der Waals surface area contributed by atoms with E-state index in [1.54, 1.807) is 12.1 Å². The van der Waals surface area contributed by atoms with E-state index < -0.39 is 27.2 Å². The quantitative estimate of drug-likeness (QED) is 0.826. The number of imide groups is 1. The lowest BCUT2D eigenvalue weighted by molar-refractivity contribution is -0.118. The molecule has 0 spiro atoms. The topological polar surface area (TPSA) is 105 Å². The predicted octanol–water partition coefficient (Wildman–Crippen LogP) is 1.85. The molecule has 0 aliphatic carbocycles. The minimum absolute atomic E-state index is 0.0502. The van der Waals surface area contributed by atoms with E-state index in [1.165, 1.54) is 6.92 Å². The van der Waals surface area contributed by atoms with Gasteiger partial charge in [-0.1, -0.05) is 25.5 Å². The minimum atomic E-state index is -4.03. The number of carbonyl (C=O) groups is 2. The van der Waals surface area contributed by atoms with Crippen molar-refractivity contribution in [3.8, 4) is 0 Å². The summed E-state index contributed by atoms with van der Waals surface area (Å²) < 4.78 is 27.1. The Hall–Kier alpha value is -2.22. The second kappa shape index (κ2) is 6.91. The lowest BCUT2D eigenvalue weighted by atomic mass is 10.1. The standard InChI is InChI=1S/C15H19N3O4S/c1-3-4-5-11-6-8-12(9-7-11)18-23(21,22)13-10(2)16-15(20)17-14(13)19/h6-9,13,18H,3-5H2,1-2H3,(H,17,19,20). The molecule has 1 heterocycles. The molecule has 0 aromatic heterocycles. The fourth-order valence-corrected chi connectivity index (χ4v) is 3.74. The van der Waals surface area contributed by atoms with Gasteiger partial charge in [0.25, 0.3) is 5.91 Å². The number of sulfonamides is 1. The highest BCUT2D eigenvalue weighted by molar-refractivity contribution is 7.94. The number of carbonyl (C=O) groups excluding carboxylic acids is 2. The predicted molar refractivity (Wildman–Crippen MR) is 88.0 cm³/mol. The summed E-state index contributed by atoms with van der Waals surface area (Å²) in [6.07, 6.45) is 3.09. The van der Waals surface area contributed by atoms with Crippen LogP contribution in [0.3, 0.4) is 0 Å². The molecule has 1 aromatic carbocycles. The van der Waals surface area contributed by atoms with E-state index >= 15 is 0 Å². The van der Waals surface area contributed by atoms with Crippen molar-refractivity contribution in [2.45, 2.75) is 38.4 Å². The van der Waals surface area contributed by atoms with Crippen molar-refractivity contribution >= 4 is 33.4 Å². The summed E-state index contributed by atoms with van der Waals surface area (Å²) in [5, 5.41) is 0.386. The zero-order valence-electron chi connectivity index (χ0n) is 13.0. The first-order chi connectivity index (χ1) is 10.8. The molecule has 3 amide bonds. The van der Waals surface area contributed by atoms with Crippen LogP contribution < -0.4 is 10.0 Å². The Kier molecular flexibility index (Phi) is 5.15. The number of nitrogens with zero attached hydrogens (tertiary/aromatic N) is 1. The fourth-order valence-electron chi connectivity index (χ4n) is 2.32. The Bertz CT molecular complexity index is 738. The van der Waals surface area contributed by atoms with Gasteiger partial charge in [0.15, 0.2) is 5.25 Å². The molecular formula is C15H19N3O4S. The van der Waals surface area contributed by atoms with Gasteiger partial charge in [-0.15, -0.1) is 0 Å². The second-order valence-corrected chi connectivity index (χ2v) is 7.14. The lowest BCUT2D eigenvalue weighted by Gasteiger charge is -2.20. The van der Waals surface area contributed by atoms with Gasteiger partial charge in [0.2, 0.25) is 10.0 Å². The van der Waals surface area contributed by atoms with Crippen LogP contribution in [0.4, 0.5) is 10.5 Å². The van der Waals surface area contributed by atoms with E-state index in [2.05, 4.69) is 16.6 Å². The number of benzene rings is 1. The number of rotatable bonds is 6. The highest BCUT2D eigenvalue weighted by Crippen LogP contribution is 2.17. The Labute approximate surface area is 135 Å². The second-order valence-electron chi connectivity index (χ2n) is 5.38. The number of aliphatic imine (C=N–C) groups is 1. The molecule has 124 valence electrons. The first-order valence-corrected chi connectivity index (χ1v) is 8.88. The highest BCUT2D eigenvalue weighted by Gasteiger charge is 2.39. The normalized spacial score (nSPS) is 18.3. The molecule has 1 aliphatic rings. The molecule has 0 saturated heterocycles. The van der Waals surface area contributed by atoms with Crippen LogP contribution in [0.1, 0.15) is 32.3 Å². The van der Waals surface area contributed by atoms with Gasteiger partial charge in [0.05, 0.1) is 5.71 Å². The number of unbranched alkanes of at least 4 members (excludes halogenated alkanes) is 1. The van der Waals surface area contributed by atoms with Crippen molar-refractivity contribution in [3.05, 3.63) is 29.8 Å². The molecule has 8 heteroatoms. The van der Waals surface area contributed by atoms with E-state index in [-0.39, 0.29) is 5.71 Å². The van der Waals surface area contributed by atoms with Crippen LogP contribution >= 0.6 is 0 Å². The van der Waals surface area contributed by atoms with Crippen LogP contribution in [0.2, 0.25) is 0 Å². The number of hydrogen-bond donors (Lipinski definition) is 2. The van der Waals surface area contributed by atoms with E-state index in [1.807, 2.05) is 17.4 Å². The largest absolute Gasteiger partial charge is 0.347 e. The summed E-state index contributed by atoms with van der Waals surface area (Å²) in [6.45, 7) is 3.45. The zero-order chi connectivity index (χ0) is 17.0. The summed E-state index contributed by atoms with van der Waals surface area (Å²) in [7, 11) is -4.03. The van der Waals surface area contributed by atoms with E-state index in [0.717, 1.165) is 24.8 Å². The Morgan fingerprint density at radius 2 is 1.87 bits per heavy atom. The van der Waals surface area contributed by atoms with Crippen molar-refractivity contribution < 1.29 is 18.0 Å². The number of urea groups is 1. The van der Waals surface area contributed by atoms with Crippen molar-refractivity contribution in [1.82, 2.24) is 5.32 Å². The monoisotopic (exact) mass is 337 g/mol. The van der Waals surface area contributed by atoms with Crippen LogP contribution in [0, 0.1) is 0 Å². The summed E-state index contributed by atoms with van der Waals surface area (Å²) in [4.78, 5) is 26.4. The molecule has 0 saturated carbocycles. The maximum Gasteiger partial charge on any atom is 0.347 e. The number of aryl methyl sites for hydroxylation is 1. The van der Waals surface area contributed by atoms with Crippen LogP contribution in [0.25, 0.3) is 0 Å². The molecule has 1 aromatic rings. The third-order valence-electron chi connectivity index (χ3n) is 3.47. The van der Waals surface area contributed by atoms with E-state index in [9.17, 15) is 18.0 Å². The minimum Gasteiger partial charge on any atom is -0.283 e. The molecule has 1 aliphatic heterocycles. The SMILES string of the molecule is CCCCc1ccc(NS(=O)(=O)C2C(=O)NC(=O)N=C2C)cc1. The summed E-state index contributed by atoms with van der Waals surface area (Å²) in [5.41, 5.74) is 1.43. The van der Waals surface area contributed by atoms with Crippen LogP contribution in [-0.4, -0.2) is 31.3 Å². The average molecular weight is 337 g/mol. The molecule has 2 N–H and O–H groups in total. The molecule has 2 rings (SSSR count). The van der Waals surface area contributed by atoms with Gasteiger partial charge >= 0.3 is 6.03 Å². The van der Waals surface area contributed by atoms with Gasteiger partial charge in [-0.25, -0.2) is 18.2 Å². The van der Waals surface area contributed by atoms with Crippen molar-refractivity contribution in [3.63, 3.8) is 0 Å². The molecule has 23 heavy (non-hydrogen) atoms. The Morgan fingerprint density at radius 3 is 2.43 bits per heavy atom. The van der Waals surface area contributed by atoms with Gasteiger partial charge in [0, 0.05) is 5.69 Å². The van der Waals surface area contributed by atoms with Crippen LogP contribution in [-0.2, 0) is 21.2 Å².